The Kier molecular flexibility index (Phi) is 20.8. The minimum absolute atomic E-state index is 0.0181. The van der Waals surface area contributed by atoms with Crippen LogP contribution in [0.4, 0.5) is 29.6 Å². The van der Waals surface area contributed by atoms with E-state index in [9.17, 15) is 50.9 Å². The molecular formula is C43H37Cl3F3N7O15S. The summed E-state index contributed by atoms with van der Waals surface area (Å²) in [7, 11) is -2.85. The summed E-state index contributed by atoms with van der Waals surface area (Å²) in [6, 6.07) is 17.0. The Morgan fingerprint density at radius 3 is 2.24 bits per heavy atom. The largest absolute Gasteiger partial charge is 0.491 e. The number of nitro groups is 1. The van der Waals surface area contributed by atoms with Crippen LogP contribution in [0.1, 0.15) is 28.7 Å². The van der Waals surface area contributed by atoms with Gasteiger partial charge in [-0.15, -0.1) is 11.6 Å². The Hall–Kier alpha value is -7.81. The molecule has 2 aromatic heterocycles. The number of aromatic nitrogens is 4. The van der Waals surface area contributed by atoms with Gasteiger partial charge >= 0.3 is 36.1 Å². The number of nitro benzene ring substituents is 1. The average molecular weight is 1090 g/mol. The molecule has 0 unspecified atom stereocenters. The van der Waals surface area contributed by atoms with E-state index in [0.717, 1.165) is 35.7 Å². The smallest absolute Gasteiger partial charge is 0.416 e. The molecule has 0 saturated heterocycles. The lowest BCUT2D eigenvalue weighted by Crippen LogP contribution is -2.35. The van der Waals surface area contributed by atoms with Crippen molar-refractivity contribution >= 4 is 91.3 Å². The predicted octanol–water partition coefficient (Wildman–Crippen LogP) is 8.45. The maximum atomic E-state index is 12.7. The summed E-state index contributed by atoms with van der Waals surface area (Å²) in [6.07, 6.45) is -3.00. The number of nitrogens with zero attached hydrogens (tertiary/aromatic N) is 5. The molecule has 6 aromatic rings. The van der Waals surface area contributed by atoms with Crippen molar-refractivity contribution in [3.05, 3.63) is 128 Å². The molecule has 0 radical (unpaired) electrons. The van der Waals surface area contributed by atoms with Gasteiger partial charge in [-0.05, 0) is 74.5 Å². The number of ether oxygens (including phenoxy) is 6. The normalized spacial score (nSPS) is 10.8. The average Bonchev–Trinajstić information content (AvgIpc) is 3.32. The number of halogens is 6. The minimum Gasteiger partial charge on any atom is -0.491 e. The number of anilines is 1. The molecule has 0 saturated carbocycles. The van der Waals surface area contributed by atoms with E-state index in [1.807, 2.05) is 4.72 Å². The Bertz CT molecular complexity index is 3050. The summed E-state index contributed by atoms with van der Waals surface area (Å²) in [5, 5.41) is 22.8. The topological polar surface area (TPSA) is 297 Å². The number of aliphatic carboxylic acids is 1. The molecule has 29 heteroatoms. The van der Waals surface area contributed by atoms with Crippen molar-refractivity contribution in [2.45, 2.75) is 24.9 Å². The van der Waals surface area contributed by atoms with Crippen molar-refractivity contribution in [3.8, 4) is 29.0 Å². The summed E-state index contributed by atoms with van der Waals surface area (Å²) in [5.41, 5.74) is -1.59. The number of hydrogen-bond donors (Lipinski definition) is 3. The number of pyridine rings is 1. The van der Waals surface area contributed by atoms with Crippen LogP contribution in [-0.4, -0.2) is 102 Å². The first-order chi connectivity index (χ1) is 34.1. The third kappa shape index (κ3) is 17.0. The van der Waals surface area contributed by atoms with Gasteiger partial charge in [0, 0.05) is 23.7 Å². The molecule has 0 atom stereocenters. The number of nitrogens with one attached hydrogen (secondary N) is 2. The number of amides is 2. The lowest BCUT2D eigenvalue weighted by molar-refractivity contribution is -0.385. The van der Waals surface area contributed by atoms with E-state index in [2.05, 4.69) is 30.0 Å². The zero-order valence-electron chi connectivity index (χ0n) is 37.3. The SMILES string of the molecule is CCOC(=O)COC(=O)c1cc(Oc2ccc(C(F)(F)F)cc2Cl)ccc1[N+](=O)[O-].COc1nc(C)nc(NC(=O)NS(=O)(=O)c2ccccc2OCCCl)n1.O=C(O)COc1ccc(Cl)c2cccnc12. The number of urea groups is 1. The van der Waals surface area contributed by atoms with Gasteiger partial charge in [-0.2, -0.15) is 28.1 Å². The number of benzene rings is 4. The summed E-state index contributed by atoms with van der Waals surface area (Å²) < 4.78 is 94.8. The number of carbonyl (C=O) groups excluding carboxylic acids is 3. The molecule has 6 rings (SSSR count). The molecule has 0 aliphatic rings. The zero-order chi connectivity index (χ0) is 53.2. The molecule has 0 aliphatic heterocycles. The molecule has 0 bridgehead atoms. The van der Waals surface area contributed by atoms with Gasteiger partial charge in [0.1, 0.15) is 51.4 Å². The molecule has 0 aliphatic carbocycles. The third-order valence-electron chi connectivity index (χ3n) is 8.36. The Balaban J connectivity index is 0.000000244. The number of methoxy groups -OCH3 is 1. The number of rotatable bonds is 17. The quantitative estimate of drug-likeness (QED) is 0.0334. The second-order valence-electron chi connectivity index (χ2n) is 13.4. The van der Waals surface area contributed by atoms with Gasteiger partial charge in [0.25, 0.3) is 15.7 Å². The lowest BCUT2D eigenvalue weighted by Gasteiger charge is -2.12. The molecule has 22 nitrogen and oxygen atoms in total. The minimum atomic E-state index is -4.61. The Labute approximate surface area is 420 Å². The van der Waals surface area contributed by atoms with Gasteiger partial charge in [-0.1, -0.05) is 35.3 Å². The van der Waals surface area contributed by atoms with E-state index >= 15 is 0 Å². The van der Waals surface area contributed by atoms with Crippen LogP contribution in [0.5, 0.6) is 29.0 Å². The van der Waals surface area contributed by atoms with Crippen molar-refractivity contribution in [2.24, 2.45) is 0 Å². The number of fused-ring (bicyclic) bond motifs is 1. The molecular weight excluding hydrogens is 1050 g/mol. The molecule has 0 fully saturated rings. The number of sulfonamides is 1. The number of carboxylic acids is 1. The van der Waals surface area contributed by atoms with Crippen LogP contribution in [0.15, 0.2) is 96.0 Å². The van der Waals surface area contributed by atoms with E-state index in [4.69, 9.17) is 63.6 Å². The van der Waals surface area contributed by atoms with Crippen molar-refractivity contribution < 1.29 is 79.2 Å². The third-order valence-corrected chi connectivity index (χ3v) is 10.5. The van der Waals surface area contributed by atoms with Gasteiger partial charge in [-0.3, -0.25) is 20.4 Å². The van der Waals surface area contributed by atoms with E-state index in [0.29, 0.717) is 22.4 Å². The highest BCUT2D eigenvalue weighted by molar-refractivity contribution is 7.90. The molecule has 0 spiro atoms. The molecule has 382 valence electrons. The van der Waals surface area contributed by atoms with Crippen LogP contribution in [0.3, 0.4) is 0 Å². The fraction of sp³-hybridized carbons (Fsp3) is 0.209. The van der Waals surface area contributed by atoms with Crippen LogP contribution in [0.25, 0.3) is 10.9 Å². The van der Waals surface area contributed by atoms with E-state index in [-0.39, 0.29) is 64.0 Å². The number of esters is 2. The van der Waals surface area contributed by atoms with Crippen molar-refractivity contribution in [2.75, 3.05) is 44.7 Å². The first-order valence-corrected chi connectivity index (χ1v) is 22.8. The maximum Gasteiger partial charge on any atom is 0.416 e. The summed E-state index contributed by atoms with van der Waals surface area (Å²) >= 11 is 17.3. The highest BCUT2D eigenvalue weighted by atomic mass is 35.5. The van der Waals surface area contributed by atoms with Crippen LogP contribution >= 0.6 is 34.8 Å². The predicted molar refractivity (Wildman–Crippen MR) is 250 cm³/mol. The maximum absolute atomic E-state index is 12.7. The highest BCUT2D eigenvalue weighted by Crippen LogP contribution is 2.37. The Morgan fingerprint density at radius 2 is 1.58 bits per heavy atom. The Morgan fingerprint density at radius 1 is 0.861 bits per heavy atom. The summed E-state index contributed by atoms with van der Waals surface area (Å²) in [5.74, 6) is -2.58. The molecule has 2 amide bonds. The highest BCUT2D eigenvalue weighted by Gasteiger charge is 2.31. The van der Waals surface area contributed by atoms with E-state index in [1.54, 1.807) is 43.5 Å². The second kappa shape index (κ2) is 26.4. The van der Waals surface area contributed by atoms with E-state index < -0.39 is 75.1 Å². The second-order valence-corrected chi connectivity index (χ2v) is 16.3. The number of carboxylic acid groups (broad SMARTS) is 1. The van der Waals surface area contributed by atoms with Gasteiger partial charge in [0.05, 0.1) is 40.1 Å². The van der Waals surface area contributed by atoms with Gasteiger partial charge in [-0.25, -0.2) is 32.3 Å². The fourth-order valence-electron chi connectivity index (χ4n) is 5.41. The van der Waals surface area contributed by atoms with Crippen LogP contribution in [-0.2, 0) is 35.3 Å². The monoisotopic (exact) mass is 1090 g/mol. The van der Waals surface area contributed by atoms with Crippen molar-refractivity contribution in [1.29, 1.82) is 0 Å². The molecule has 4 aromatic carbocycles. The summed E-state index contributed by atoms with van der Waals surface area (Å²) in [4.78, 5) is 71.6. The number of aryl methyl sites for hydroxylation is 1. The van der Waals surface area contributed by atoms with Crippen LogP contribution in [0, 0.1) is 17.0 Å². The lowest BCUT2D eigenvalue weighted by atomic mass is 10.1. The van der Waals surface area contributed by atoms with Crippen molar-refractivity contribution in [3.63, 3.8) is 0 Å². The number of hydrogen-bond acceptors (Lipinski definition) is 18. The van der Waals surface area contributed by atoms with Gasteiger partial charge in [0.15, 0.2) is 13.2 Å². The van der Waals surface area contributed by atoms with Crippen molar-refractivity contribution in [1.82, 2.24) is 24.7 Å². The molecule has 2 heterocycles. The molecule has 72 heavy (non-hydrogen) atoms. The fourth-order valence-corrected chi connectivity index (χ4v) is 6.98. The zero-order valence-corrected chi connectivity index (χ0v) is 40.4. The van der Waals surface area contributed by atoms with Gasteiger partial charge < -0.3 is 33.5 Å². The molecule has 3 N–H and O–H groups in total. The number of carbonyl (C=O) groups is 4. The van der Waals surface area contributed by atoms with E-state index in [1.165, 1.54) is 32.2 Å². The van der Waals surface area contributed by atoms with Crippen LogP contribution < -0.4 is 29.0 Å². The standard InChI is InChI=1S/C18H13ClF3NO7.C14H16ClN5O5S.C11H8ClNO3/c1-2-28-16(24)9-29-17(25)12-8-11(4-5-14(12)23(26)27)30-15-6-3-10(7-13(15)19)18(20,21)22;1-9-16-12(19-14(17-9)24-2)18-13(21)20-26(22,23)11-6-4-3-5-10(11)25-8-7-15;12-8-3-4-9(16-6-10(14)15)11-7(8)2-1-5-13-11/h3-8H,2,9H2,1H3;3-6H,7-8H2,1-2H3,(H2,16,17,18,19,20,21);1-5H,6H2,(H,14,15). The summed E-state index contributed by atoms with van der Waals surface area (Å²) in [6.45, 7) is 2.11. The number of alkyl halides is 4. The first kappa shape index (κ1) is 56.8. The number of para-hydroxylation sites is 1. The first-order valence-electron chi connectivity index (χ1n) is 20.0. The van der Waals surface area contributed by atoms with Crippen LogP contribution in [0.2, 0.25) is 10.0 Å². The van der Waals surface area contributed by atoms with Gasteiger partial charge in [0.2, 0.25) is 5.95 Å².